The van der Waals surface area contributed by atoms with Crippen molar-refractivity contribution in [3.63, 3.8) is 0 Å². The number of carbonyl (C=O) groups excluding carboxylic acids is 2. The summed E-state index contributed by atoms with van der Waals surface area (Å²) < 4.78 is 5.04. The average Bonchev–Trinajstić information content (AvgIpc) is 2.71. The van der Waals surface area contributed by atoms with Crippen molar-refractivity contribution in [3.05, 3.63) is 0 Å². The van der Waals surface area contributed by atoms with E-state index in [0.29, 0.717) is 6.42 Å². The molecule has 0 bridgehead atoms. The fraction of sp³-hybridized carbons (Fsp3) is 0.923. The third kappa shape index (κ3) is 21.3. The molecule has 0 radical (unpaired) electrons. The molecular weight excluding hydrogens is 473 g/mol. The molecule has 0 saturated carbocycles. The fourth-order valence-corrected chi connectivity index (χ4v) is 3.83. The Hall–Kier alpha value is 0.0621. The Bertz CT molecular complexity index is 384. The first-order chi connectivity index (χ1) is 14.2. The van der Waals surface area contributed by atoms with Crippen molar-refractivity contribution >= 4 is 11.9 Å². The molecule has 30 heavy (non-hydrogen) atoms. The molecule has 174 valence electrons. The van der Waals surface area contributed by atoms with E-state index in [2.05, 4.69) is 13.8 Å². The van der Waals surface area contributed by atoms with Crippen LogP contribution in [0.3, 0.4) is 0 Å². The van der Waals surface area contributed by atoms with Gasteiger partial charge in [0.05, 0.1) is 5.92 Å². The van der Waals surface area contributed by atoms with Gasteiger partial charge < -0.3 is 4.74 Å². The largest absolute Gasteiger partial charge is 0.393 e. The number of esters is 2. The second-order valence-electron chi connectivity index (χ2n) is 8.74. The summed E-state index contributed by atoms with van der Waals surface area (Å²) in [5.41, 5.74) is 0. The maximum absolute atomic E-state index is 12.0. The maximum Gasteiger partial charge on any atom is 0.316 e. The predicted octanol–water partition coefficient (Wildman–Crippen LogP) is 8.53. The molecule has 1 unspecified atom stereocenters. The summed E-state index contributed by atoms with van der Waals surface area (Å²) in [5.74, 6) is -0.758. The van der Waals surface area contributed by atoms with Gasteiger partial charge in [-0.25, -0.2) is 0 Å². The van der Waals surface area contributed by atoms with Gasteiger partial charge >= 0.3 is 11.9 Å². The van der Waals surface area contributed by atoms with Crippen molar-refractivity contribution in [1.82, 2.24) is 0 Å². The van der Waals surface area contributed by atoms with Crippen molar-refractivity contribution in [3.8, 4) is 0 Å². The number of hydrogen-bond donors (Lipinski definition) is 0. The van der Waals surface area contributed by atoms with Crippen LogP contribution in [0.2, 0.25) is 0 Å². The Morgan fingerprint density at radius 1 is 0.600 bits per heavy atom. The van der Waals surface area contributed by atoms with Crippen LogP contribution in [-0.4, -0.2) is 11.9 Å². The Kier molecular flexibility index (Phi) is 27.2. The van der Waals surface area contributed by atoms with Crippen LogP contribution in [0.15, 0.2) is 0 Å². The molecule has 0 aliphatic heterocycles. The molecule has 1 atom stereocenters. The summed E-state index contributed by atoms with van der Waals surface area (Å²) in [7, 11) is 0. The molecule has 3 nitrogen and oxygen atoms in total. The zero-order valence-electron chi connectivity index (χ0n) is 20.7. The van der Waals surface area contributed by atoms with E-state index in [1.54, 1.807) is 0 Å². The Morgan fingerprint density at radius 3 is 1.40 bits per heavy atom. The first-order valence-corrected chi connectivity index (χ1v) is 12.9. The van der Waals surface area contributed by atoms with E-state index < -0.39 is 0 Å². The topological polar surface area (TPSA) is 43.4 Å². The van der Waals surface area contributed by atoms with Crippen LogP contribution in [0.25, 0.3) is 0 Å². The third-order valence-corrected chi connectivity index (χ3v) is 5.93. The summed E-state index contributed by atoms with van der Waals surface area (Å²) in [5, 5.41) is 0. The minimum absolute atomic E-state index is 0. The van der Waals surface area contributed by atoms with Gasteiger partial charge in [0.15, 0.2) is 0 Å². The number of ether oxygens (including phenoxy) is 1. The molecule has 0 N–H and O–H groups in total. The van der Waals surface area contributed by atoms with Crippen molar-refractivity contribution in [1.29, 1.82) is 0 Å². The predicted molar refractivity (Wildman–Crippen MR) is 124 cm³/mol. The normalized spacial score (nSPS) is 11.7. The van der Waals surface area contributed by atoms with Gasteiger partial charge in [-0.2, -0.15) is 0 Å². The summed E-state index contributed by atoms with van der Waals surface area (Å²) in [6.45, 7) is 6.37. The van der Waals surface area contributed by atoms with Gasteiger partial charge in [0, 0.05) is 33.7 Å². The molecule has 0 aromatic carbocycles. The quantitative estimate of drug-likeness (QED) is 0.0656. The van der Waals surface area contributed by atoms with E-state index in [1.165, 1.54) is 83.5 Å². The van der Waals surface area contributed by atoms with Gasteiger partial charge in [-0.3, -0.25) is 9.59 Å². The zero-order chi connectivity index (χ0) is 21.6. The van der Waals surface area contributed by atoms with Gasteiger partial charge in [0.2, 0.25) is 0 Å². The van der Waals surface area contributed by atoms with Crippen LogP contribution >= 0.6 is 0 Å². The van der Waals surface area contributed by atoms with Crippen molar-refractivity contribution in [2.45, 2.75) is 149 Å². The second-order valence-corrected chi connectivity index (χ2v) is 8.74. The van der Waals surface area contributed by atoms with E-state index >= 15 is 0 Å². The number of unbranched alkanes of at least 4 members (excludes halogenated alkanes) is 15. The van der Waals surface area contributed by atoms with Gasteiger partial charge in [0.25, 0.3) is 0 Å². The average molecular weight is 523 g/mol. The number of carbonyl (C=O) groups is 2. The van der Waals surface area contributed by atoms with Crippen LogP contribution < -0.4 is 0 Å². The Balaban J connectivity index is 0. The van der Waals surface area contributed by atoms with Crippen LogP contribution in [0.5, 0.6) is 0 Å². The molecule has 0 heterocycles. The summed E-state index contributed by atoms with van der Waals surface area (Å²) in [4.78, 5) is 23.8. The van der Waals surface area contributed by atoms with Gasteiger partial charge in [-0.15, -0.1) is 0 Å². The summed E-state index contributed by atoms with van der Waals surface area (Å²) in [6.07, 6.45) is 23.7. The van der Waals surface area contributed by atoms with E-state index in [9.17, 15) is 9.59 Å². The standard InChI is InChI=1S/C26H50O3.Cd/c1-4-7-9-10-11-12-13-14-15-16-17-18-19-20-21-23-25(27)29-26(28)24(6-3)22-8-5-2;/h24H,4-23H2,1-3H3;. The molecule has 0 aromatic heterocycles. The van der Waals surface area contributed by atoms with Crippen LogP contribution in [0.4, 0.5) is 0 Å². The Morgan fingerprint density at radius 2 is 1.00 bits per heavy atom. The van der Waals surface area contributed by atoms with Gasteiger partial charge in [-0.1, -0.05) is 124 Å². The minimum atomic E-state index is -0.334. The Labute approximate surface area is 208 Å². The molecule has 4 heteroatoms. The summed E-state index contributed by atoms with van der Waals surface area (Å²) in [6, 6.07) is 0. The maximum atomic E-state index is 12.0. The molecule has 0 saturated heterocycles. The van der Waals surface area contributed by atoms with Crippen molar-refractivity contribution in [2.24, 2.45) is 5.92 Å². The van der Waals surface area contributed by atoms with E-state index in [-0.39, 0.29) is 45.2 Å². The van der Waals surface area contributed by atoms with Crippen molar-refractivity contribution < 1.29 is 41.6 Å². The van der Waals surface area contributed by atoms with E-state index in [4.69, 9.17) is 4.74 Å². The van der Waals surface area contributed by atoms with Gasteiger partial charge in [-0.05, 0) is 19.3 Å². The molecule has 0 spiro atoms. The second kappa shape index (κ2) is 25.3. The summed E-state index contributed by atoms with van der Waals surface area (Å²) >= 11 is 0. The molecule has 0 rings (SSSR count). The zero-order valence-corrected chi connectivity index (χ0v) is 24.7. The number of rotatable bonds is 21. The first-order valence-electron chi connectivity index (χ1n) is 12.9. The van der Waals surface area contributed by atoms with Gasteiger partial charge in [0.1, 0.15) is 0 Å². The van der Waals surface area contributed by atoms with Crippen molar-refractivity contribution in [2.75, 3.05) is 0 Å². The van der Waals surface area contributed by atoms with Crippen LogP contribution in [0, 0.1) is 5.92 Å². The molecule has 0 aliphatic carbocycles. The smallest absolute Gasteiger partial charge is 0.316 e. The molecule has 0 amide bonds. The SMILES string of the molecule is CCCCCCCCCCCCCCCCCC(=O)OC(=O)C(CC)CCCC.[Cd]. The van der Waals surface area contributed by atoms with E-state index in [1.807, 2.05) is 6.92 Å². The molecular formula is C26H50CdO3. The molecule has 0 aromatic rings. The minimum Gasteiger partial charge on any atom is -0.393 e. The van der Waals surface area contributed by atoms with Crippen LogP contribution in [-0.2, 0) is 41.6 Å². The molecule has 0 aliphatic rings. The third-order valence-electron chi connectivity index (χ3n) is 5.93. The van der Waals surface area contributed by atoms with Crippen LogP contribution in [0.1, 0.15) is 149 Å². The fourth-order valence-electron chi connectivity index (χ4n) is 3.83. The monoisotopic (exact) mass is 524 g/mol. The van der Waals surface area contributed by atoms with E-state index in [0.717, 1.165) is 38.5 Å². The number of hydrogen-bond acceptors (Lipinski definition) is 3. The molecule has 0 fully saturated rings. The first kappa shape index (κ1) is 32.2.